The Balaban J connectivity index is 1.85. The van der Waals surface area contributed by atoms with Crippen LogP contribution < -0.4 is 5.32 Å². The summed E-state index contributed by atoms with van der Waals surface area (Å²) in [7, 11) is 1.88. The Bertz CT molecular complexity index is 436. The molecule has 2 aliphatic heterocycles. The zero-order valence-corrected chi connectivity index (χ0v) is 10.8. The first-order valence-electron chi connectivity index (χ1n) is 6.75. The Kier molecular flexibility index (Phi) is 3.07. The van der Waals surface area contributed by atoms with E-state index >= 15 is 0 Å². The number of nitrogens with one attached hydrogen (secondary N) is 1. The van der Waals surface area contributed by atoms with Crippen molar-refractivity contribution in [3.8, 4) is 0 Å². The maximum atomic E-state index is 12.1. The molecular weight excluding hydrogens is 228 g/mol. The third-order valence-corrected chi connectivity index (χ3v) is 4.19. The van der Waals surface area contributed by atoms with Crippen LogP contribution in [0.5, 0.6) is 0 Å². The van der Waals surface area contributed by atoms with Crippen LogP contribution in [0.1, 0.15) is 36.9 Å². The largest absolute Gasteiger partial charge is 0.344 e. The number of piperidine rings is 1. The lowest BCUT2D eigenvalue weighted by molar-refractivity contribution is -0.129. The highest BCUT2D eigenvalue weighted by Gasteiger charge is 2.32. The molecule has 0 spiro atoms. The van der Waals surface area contributed by atoms with Gasteiger partial charge in [-0.15, -0.1) is 0 Å². The third-order valence-electron chi connectivity index (χ3n) is 4.19. The molecule has 1 aromatic rings. The normalized spacial score (nSPS) is 25.9. The molecule has 0 bridgehead atoms. The quantitative estimate of drug-likeness (QED) is 0.840. The third kappa shape index (κ3) is 1.92. The van der Waals surface area contributed by atoms with E-state index in [-0.39, 0.29) is 11.9 Å². The maximum absolute atomic E-state index is 12.1. The molecule has 3 rings (SSSR count). The monoisotopic (exact) mass is 248 g/mol. The smallest absolute Gasteiger partial charge is 0.245 e. The Hall–Kier alpha value is -1.36. The first kappa shape index (κ1) is 11.7. The summed E-state index contributed by atoms with van der Waals surface area (Å²) in [5.41, 5.74) is 1.24. The molecule has 1 atom stereocenters. The van der Waals surface area contributed by atoms with Crippen LogP contribution in [0.2, 0.25) is 0 Å². The molecule has 0 aromatic carbocycles. The van der Waals surface area contributed by atoms with Gasteiger partial charge in [-0.25, -0.2) is 4.98 Å². The second-order valence-corrected chi connectivity index (χ2v) is 5.31. The van der Waals surface area contributed by atoms with E-state index in [1.165, 1.54) is 5.69 Å². The summed E-state index contributed by atoms with van der Waals surface area (Å²) in [5, 5.41) is 3.38. The van der Waals surface area contributed by atoms with Crippen molar-refractivity contribution in [3.05, 3.63) is 18.2 Å². The average Bonchev–Trinajstić information content (AvgIpc) is 2.99. The van der Waals surface area contributed by atoms with Gasteiger partial charge in [-0.2, -0.15) is 0 Å². The summed E-state index contributed by atoms with van der Waals surface area (Å²) in [6.07, 6.45) is 6.97. The minimum absolute atomic E-state index is 0.0256. The van der Waals surface area contributed by atoms with Crippen molar-refractivity contribution >= 4 is 5.91 Å². The molecule has 0 saturated carbocycles. The highest BCUT2D eigenvalue weighted by molar-refractivity contribution is 5.82. The molecule has 2 saturated heterocycles. The number of carbonyl (C=O) groups excluding carboxylic acids is 1. The summed E-state index contributed by atoms with van der Waals surface area (Å²) in [5.74, 6) is 0.774. The van der Waals surface area contributed by atoms with Gasteiger partial charge in [-0.1, -0.05) is 0 Å². The van der Waals surface area contributed by atoms with Crippen LogP contribution in [0, 0.1) is 0 Å². The molecule has 18 heavy (non-hydrogen) atoms. The van der Waals surface area contributed by atoms with Crippen LogP contribution in [0.3, 0.4) is 0 Å². The minimum Gasteiger partial charge on any atom is -0.344 e. The first-order chi connectivity index (χ1) is 8.77. The van der Waals surface area contributed by atoms with E-state index in [0.717, 1.165) is 38.9 Å². The number of carbonyl (C=O) groups is 1. The van der Waals surface area contributed by atoms with E-state index in [2.05, 4.69) is 14.9 Å². The van der Waals surface area contributed by atoms with Gasteiger partial charge in [-0.05, 0) is 32.4 Å². The summed E-state index contributed by atoms with van der Waals surface area (Å²) in [6, 6.07) is -0.0256. The molecule has 5 nitrogen and oxygen atoms in total. The Labute approximate surface area is 107 Å². The van der Waals surface area contributed by atoms with Crippen molar-refractivity contribution in [2.24, 2.45) is 0 Å². The minimum atomic E-state index is -0.0256. The second-order valence-electron chi connectivity index (χ2n) is 5.31. The summed E-state index contributed by atoms with van der Waals surface area (Å²) >= 11 is 0. The van der Waals surface area contributed by atoms with Crippen molar-refractivity contribution in [2.45, 2.75) is 31.2 Å². The molecule has 0 radical (unpaired) electrons. The summed E-state index contributed by atoms with van der Waals surface area (Å²) in [6.45, 7) is 2.98. The van der Waals surface area contributed by atoms with Crippen LogP contribution >= 0.6 is 0 Å². The number of nitrogens with zero attached hydrogens (tertiary/aromatic N) is 3. The Morgan fingerprint density at radius 2 is 2.11 bits per heavy atom. The zero-order chi connectivity index (χ0) is 12.5. The lowest BCUT2D eigenvalue weighted by Gasteiger charge is -2.25. The van der Waals surface area contributed by atoms with Crippen molar-refractivity contribution in [3.63, 3.8) is 0 Å². The van der Waals surface area contributed by atoms with Crippen LogP contribution in [-0.4, -0.2) is 47.0 Å². The average molecular weight is 248 g/mol. The van der Waals surface area contributed by atoms with Gasteiger partial charge < -0.3 is 14.8 Å². The second kappa shape index (κ2) is 4.72. The van der Waals surface area contributed by atoms with Gasteiger partial charge in [0.2, 0.25) is 5.91 Å². The van der Waals surface area contributed by atoms with Gasteiger partial charge in [0.05, 0.1) is 6.33 Å². The van der Waals surface area contributed by atoms with Gasteiger partial charge >= 0.3 is 0 Å². The Morgan fingerprint density at radius 3 is 2.78 bits per heavy atom. The van der Waals surface area contributed by atoms with Gasteiger partial charge in [-0.3, -0.25) is 4.79 Å². The fraction of sp³-hybridized carbons (Fsp3) is 0.692. The number of likely N-dealkylation sites (N-methyl/N-ethyl adjacent to an activating group) is 1. The fourth-order valence-electron chi connectivity index (χ4n) is 3.07. The van der Waals surface area contributed by atoms with Crippen LogP contribution in [-0.2, 0) is 4.79 Å². The van der Waals surface area contributed by atoms with E-state index in [4.69, 9.17) is 0 Å². The highest BCUT2D eigenvalue weighted by atomic mass is 16.2. The van der Waals surface area contributed by atoms with Crippen LogP contribution in [0.25, 0.3) is 0 Å². The number of amides is 1. The van der Waals surface area contributed by atoms with Crippen molar-refractivity contribution in [1.82, 2.24) is 19.8 Å². The molecule has 1 aromatic heterocycles. The van der Waals surface area contributed by atoms with Gasteiger partial charge in [0, 0.05) is 31.4 Å². The molecule has 3 heterocycles. The van der Waals surface area contributed by atoms with Crippen molar-refractivity contribution in [2.75, 3.05) is 26.7 Å². The summed E-state index contributed by atoms with van der Waals surface area (Å²) < 4.78 is 2.11. The van der Waals surface area contributed by atoms with Crippen LogP contribution in [0.15, 0.2) is 12.5 Å². The van der Waals surface area contributed by atoms with Gasteiger partial charge in [0.25, 0.3) is 0 Å². The van der Waals surface area contributed by atoms with E-state index in [9.17, 15) is 4.79 Å². The van der Waals surface area contributed by atoms with Gasteiger partial charge in [0.1, 0.15) is 6.04 Å². The molecular formula is C13H20N4O. The number of imidazole rings is 1. The predicted molar refractivity (Wildman–Crippen MR) is 68.4 cm³/mol. The lowest BCUT2D eigenvalue weighted by Crippen LogP contribution is -2.29. The zero-order valence-electron chi connectivity index (χ0n) is 10.8. The van der Waals surface area contributed by atoms with E-state index < -0.39 is 0 Å². The standard InChI is InChI=1S/C13H20N4O/c1-16-7-4-11(13(16)18)17-9-15-8-12(17)10-2-5-14-6-3-10/h8-11,14H,2-7H2,1H3. The number of hydrogen-bond acceptors (Lipinski definition) is 3. The van der Waals surface area contributed by atoms with Gasteiger partial charge in [0.15, 0.2) is 0 Å². The molecule has 98 valence electrons. The molecule has 1 amide bonds. The molecule has 1 N–H and O–H groups in total. The fourth-order valence-corrected chi connectivity index (χ4v) is 3.07. The highest BCUT2D eigenvalue weighted by Crippen LogP contribution is 2.30. The number of likely N-dealkylation sites (tertiary alicyclic amines) is 1. The maximum Gasteiger partial charge on any atom is 0.245 e. The number of rotatable bonds is 2. The van der Waals surface area contributed by atoms with E-state index in [1.54, 1.807) is 0 Å². The van der Waals surface area contributed by atoms with Crippen molar-refractivity contribution < 1.29 is 4.79 Å². The topological polar surface area (TPSA) is 50.2 Å². The van der Waals surface area contributed by atoms with Crippen molar-refractivity contribution in [1.29, 1.82) is 0 Å². The Morgan fingerprint density at radius 1 is 1.33 bits per heavy atom. The molecule has 2 aliphatic rings. The van der Waals surface area contributed by atoms with Crippen LogP contribution in [0.4, 0.5) is 0 Å². The summed E-state index contributed by atoms with van der Waals surface area (Å²) in [4.78, 5) is 18.2. The van der Waals surface area contributed by atoms with E-state index in [0.29, 0.717) is 5.92 Å². The predicted octanol–water partition coefficient (Wildman–Crippen LogP) is 0.753. The number of hydrogen-bond donors (Lipinski definition) is 1. The SMILES string of the molecule is CN1CCC(n2cncc2C2CCNCC2)C1=O. The number of aromatic nitrogens is 2. The molecule has 0 aliphatic carbocycles. The molecule has 1 unspecified atom stereocenters. The first-order valence-corrected chi connectivity index (χ1v) is 6.75. The van der Waals surface area contributed by atoms with E-state index in [1.807, 2.05) is 24.5 Å². The lowest BCUT2D eigenvalue weighted by atomic mass is 9.94. The molecule has 5 heteroatoms. The molecule has 2 fully saturated rings.